The maximum atomic E-state index is 14.2. The lowest BCUT2D eigenvalue weighted by molar-refractivity contribution is 0.0526. The van der Waals surface area contributed by atoms with Gasteiger partial charge in [0.1, 0.15) is 11.4 Å². The van der Waals surface area contributed by atoms with Crippen LogP contribution in [0.4, 0.5) is 10.1 Å². The fraction of sp³-hybridized carbons (Fsp3) is 0.292. The fourth-order valence-electron chi connectivity index (χ4n) is 2.49. The van der Waals surface area contributed by atoms with E-state index in [0.717, 1.165) is 6.20 Å². The largest absolute Gasteiger partial charge is 0.481 e. The van der Waals surface area contributed by atoms with Gasteiger partial charge in [-0.25, -0.2) is 24.2 Å². The van der Waals surface area contributed by atoms with E-state index in [-0.39, 0.29) is 35.2 Å². The Morgan fingerprint density at radius 1 is 1.18 bits per heavy atom. The van der Waals surface area contributed by atoms with Gasteiger partial charge in [-0.05, 0) is 25.1 Å². The lowest BCUT2D eigenvalue weighted by Gasteiger charge is -2.07. The van der Waals surface area contributed by atoms with E-state index in [2.05, 4.69) is 24.9 Å². The first-order chi connectivity index (χ1) is 16.5. The SMILES string of the molecule is CC.CC.CCOC(=O)c1cc[nH]c1C(N=C(N)c1cccc(OC)n1)=Nc1ccncc1F. The van der Waals surface area contributed by atoms with Crippen molar-refractivity contribution in [1.82, 2.24) is 15.0 Å². The summed E-state index contributed by atoms with van der Waals surface area (Å²) in [6, 6.07) is 7.87. The van der Waals surface area contributed by atoms with E-state index in [1.54, 1.807) is 25.1 Å². The number of nitrogens with two attached hydrogens (primary N) is 1. The lowest BCUT2D eigenvalue weighted by atomic mass is 10.2. The Kier molecular flexibility index (Phi) is 12.2. The number of rotatable bonds is 6. The van der Waals surface area contributed by atoms with Crippen LogP contribution in [-0.4, -0.2) is 46.3 Å². The maximum absolute atomic E-state index is 14.2. The molecule has 34 heavy (non-hydrogen) atoms. The van der Waals surface area contributed by atoms with Crippen LogP contribution in [0.3, 0.4) is 0 Å². The molecule has 0 saturated heterocycles. The highest BCUT2D eigenvalue weighted by Gasteiger charge is 2.19. The number of carbonyl (C=O) groups is 1. The van der Waals surface area contributed by atoms with Crippen LogP contribution in [0.2, 0.25) is 0 Å². The molecule has 0 spiro atoms. The second-order valence-electron chi connectivity index (χ2n) is 5.81. The number of nitrogens with one attached hydrogen (secondary N) is 1. The average molecular weight is 471 g/mol. The van der Waals surface area contributed by atoms with E-state index in [1.807, 2.05) is 27.7 Å². The van der Waals surface area contributed by atoms with E-state index in [4.69, 9.17) is 15.2 Å². The monoisotopic (exact) mass is 470 g/mol. The Labute approximate surface area is 199 Å². The van der Waals surface area contributed by atoms with E-state index < -0.39 is 11.8 Å². The number of H-pyrrole nitrogens is 1. The van der Waals surface area contributed by atoms with Gasteiger partial charge in [0.05, 0.1) is 31.2 Å². The van der Waals surface area contributed by atoms with Gasteiger partial charge in [-0.1, -0.05) is 33.8 Å². The van der Waals surface area contributed by atoms with Gasteiger partial charge >= 0.3 is 5.97 Å². The highest BCUT2D eigenvalue weighted by Crippen LogP contribution is 2.20. The number of ether oxygens (including phenoxy) is 2. The summed E-state index contributed by atoms with van der Waals surface area (Å²) < 4.78 is 24.3. The Morgan fingerprint density at radius 2 is 1.91 bits per heavy atom. The highest BCUT2D eigenvalue weighted by atomic mass is 19.1. The van der Waals surface area contributed by atoms with Crippen molar-refractivity contribution in [1.29, 1.82) is 0 Å². The number of halogens is 1. The minimum Gasteiger partial charge on any atom is -0.481 e. The first-order valence-electron chi connectivity index (χ1n) is 10.9. The molecule has 0 fully saturated rings. The molecule has 3 N–H and O–H groups in total. The topological polar surface area (TPSA) is 128 Å². The number of methoxy groups -OCH3 is 1. The van der Waals surface area contributed by atoms with Crippen LogP contribution in [-0.2, 0) is 4.74 Å². The molecule has 10 heteroatoms. The molecule has 3 rings (SSSR count). The van der Waals surface area contributed by atoms with Crippen molar-refractivity contribution in [2.45, 2.75) is 34.6 Å². The molecule has 0 unspecified atom stereocenters. The molecule has 9 nitrogen and oxygen atoms in total. The minimum absolute atomic E-state index is 0.00785. The van der Waals surface area contributed by atoms with Crippen LogP contribution >= 0.6 is 0 Å². The second kappa shape index (κ2) is 14.9. The molecule has 0 atom stereocenters. The highest BCUT2D eigenvalue weighted by molar-refractivity contribution is 6.14. The smallest absolute Gasteiger partial charge is 0.340 e. The van der Waals surface area contributed by atoms with Crippen molar-refractivity contribution >= 4 is 23.3 Å². The third-order valence-electron chi connectivity index (χ3n) is 3.86. The summed E-state index contributed by atoms with van der Waals surface area (Å²) in [5, 5.41) is 0. The van der Waals surface area contributed by atoms with Gasteiger partial charge in [0.2, 0.25) is 5.88 Å². The van der Waals surface area contributed by atoms with Crippen molar-refractivity contribution in [2.75, 3.05) is 13.7 Å². The van der Waals surface area contributed by atoms with E-state index in [9.17, 15) is 9.18 Å². The van der Waals surface area contributed by atoms with Crippen molar-refractivity contribution < 1.29 is 18.7 Å². The number of pyridine rings is 2. The van der Waals surface area contributed by atoms with Crippen LogP contribution in [0, 0.1) is 5.82 Å². The zero-order valence-electron chi connectivity index (χ0n) is 20.3. The third kappa shape index (κ3) is 7.51. The number of carbonyl (C=O) groups excluding carboxylic acids is 1. The van der Waals surface area contributed by atoms with Crippen LogP contribution in [0.5, 0.6) is 5.88 Å². The average Bonchev–Trinajstić information content (AvgIpc) is 3.37. The lowest BCUT2D eigenvalue weighted by Crippen LogP contribution is -2.19. The number of aromatic nitrogens is 3. The molecular formula is C24H31FN6O3. The molecule has 0 aliphatic heterocycles. The molecule has 3 heterocycles. The number of hydrogen-bond donors (Lipinski definition) is 2. The van der Waals surface area contributed by atoms with E-state index >= 15 is 0 Å². The summed E-state index contributed by atoms with van der Waals surface area (Å²) >= 11 is 0. The van der Waals surface area contributed by atoms with E-state index in [0.29, 0.717) is 11.6 Å². The number of aromatic amines is 1. The first-order valence-corrected chi connectivity index (χ1v) is 10.9. The van der Waals surface area contributed by atoms with Crippen LogP contribution in [0.25, 0.3) is 0 Å². The minimum atomic E-state index is -0.660. The second-order valence-corrected chi connectivity index (χ2v) is 5.81. The van der Waals surface area contributed by atoms with Gasteiger partial charge in [-0.2, -0.15) is 0 Å². The summed E-state index contributed by atoms with van der Waals surface area (Å²) in [5.41, 5.74) is 6.81. The first kappa shape index (κ1) is 28.0. The predicted molar refractivity (Wildman–Crippen MR) is 131 cm³/mol. The van der Waals surface area contributed by atoms with Gasteiger partial charge in [-0.15, -0.1) is 0 Å². The molecule has 0 amide bonds. The standard InChI is InChI=1S/C20H19FN6O3.2C2H6/c1-3-30-20(28)12-7-10-24-17(12)19(26-14-8-9-23-11-13(14)21)27-18(22)15-5-4-6-16(25-15)29-2;2*1-2/h4-11,24H,3H2,1-2H3,(H2,22,23,26,27);2*1-2H3. The molecule has 0 aliphatic rings. The summed E-state index contributed by atoms with van der Waals surface area (Å²) in [6.45, 7) is 9.88. The number of nitrogens with zero attached hydrogens (tertiary/aromatic N) is 4. The molecule has 0 radical (unpaired) electrons. The van der Waals surface area contributed by atoms with Crippen molar-refractivity contribution in [3.63, 3.8) is 0 Å². The van der Waals surface area contributed by atoms with Gasteiger partial charge < -0.3 is 20.2 Å². The Balaban J connectivity index is 0.00000137. The Morgan fingerprint density at radius 3 is 2.56 bits per heavy atom. The molecule has 3 aromatic heterocycles. The summed E-state index contributed by atoms with van der Waals surface area (Å²) in [6.07, 6.45) is 3.93. The van der Waals surface area contributed by atoms with Crippen molar-refractivity contribution in [3.05, 3.63) is 71.7 Å². The molecule has 182 valence electrons. The van der Waals surface area contributed by atoms with Crippen molar-refractivity contribution in [2.24, 2.45) is 15.7 Å². The Hall–Kier alpha value is -4.08. The van der Waals surface area contributed by atoms with Gasteiger partial charge in [0, 0.05) is 18.5 Å². The molecule has 0 aliphatic carbocycles. The normalized spacial score (nSPS) is 10.9. The number of esters is 1. The van der Waals surface area contributed by atoms with Crippen LogP contribution in [0.15, 0.2) is 58.9 Å². The summed E-state index contributed by atoms with van der Waals surface area (Å²) in [5.74, 6) is -0.935. The molecule has 0 aromatic carbocycles. The van der Waals surface area contributed by atoms with Crippen LogP contribution in [0.1, 0.15) is 56.4 Å². The molecule has 0 bridgehead atoms. The summed E-state index contributed by atoms with van der Waals surface area (Å²) in [7, 11) is 1.48. The zero-order valence-corrected chi connectivity index (χ0v) is 20.3. The number of hydrogen-bond acceptors (Lipinski definition) is 6. The van der Waals surface area contributed by atoms with Gasteiger partial charge in [0.25, 0.3) is 0 Å². The fourth-order valence-corrected chi connectivity index (χ4v) is 2.49. The van der Waals surface area contributed by atoms with Gasteiger partial charge in [0.15, 0.2) is 17.5 Å². The quantitative estimate of drug-likeness (QED) is 0.306. The third-order valence-corrected chi connectivity index (χ3v) is 3.86. The number of amidine groups is 2. The molecule has 0 saturated carbocycles. The number of aliphatic imine (C=N–C) groups is 2. The Bertz CT molecular complexity index is 1110. The predicted octanol–water partition coefficient (Wildman–Crippen LogP) is 4.67. The summed E-state index contributed by atoms with van der Waals surface area (Å²) in [4.78, 5) is 31.7. The molecule has 3 aromatic rings. The maximum Gasteiger partial charge on any atom is 0.340 e. The van der Waals surface area contributed by atoms with E-state index in [1.165, 1.54) is 31.6 Å². The zero-order chi connectivity index (χ0) is 25.5. The van der Waals surface area contributed by atoms with Crippen LogP contribution < -0.4 is 10.5 Å². The molecular weight excluding hydrogens is 439 g/mol. The van der Waals surface area contributed by atoms with Crippen molar-refractivity contribution in [3.8, 4) is 5.88 Å². The van der Waals surface area contributed by atoms with Gasteiger partial charge in [-0.3, -0.25) is 4.98 Å².